The van der Waals surface area contributed by atoms with Crippen molar-refractivity contribution in [3.05, 3.63) is 59.7 Å². The Kier molecular flexibility index (Phi) is 5.75. The molecule has 2 aromatic carbocycles. The molecule has 2 aromatic rings. The molecule has 3 N–H and O–H groups in total. The number of carbonyl (C=O) groups is 1. The van der Waals surface area contributed by atoms with E-state index in [2.05, 4.69) is 5.32 Å². The molecule has 7 nitrogen and oxygen atoms in total. The fourth-order valence-corrected chi connectivity index (χ4v) is 2.66. The van der Waals surface area contributed by atoms with E-state index >= 15 is 0 Å². The van der Waals surface area contributed by atoms with Crippen molar-refractivity contribution in [2.24, 2.45) is 5.14 Å². The second-order valence-electron chi connectivity index (χ2n) is 5.30. The first kappa shape index (κ1) is 18.4. The number of primary sulfonamides is 1. The van der Waals surface area contributed by atoms with Crippen LogP contribution in [0.2, 0.25) is 0 Å². The summed E-state index contributed by atoms with van der Waals surface area (Å²) in [6, 6.07) is 14.2. The summed E-state index contributed by atoms with van der Waals surface area (Å²) in [7, 11) is -3.75. The minimum absolute atomic E-state index is 0.00576. The Morgan fingerprint density at radius 1 is 1.24 bits per heavy atom. The molecule has 0 radical (unpaired) electrons. The quantitative estimate of drug-likeness (QED) is 0.808. The highest BCUT2D eigenvalue weighted by molar-refractivity contribution is 7.89. The van der Waals surface area contributed by atoms with Crippen LogP contribution in [0.3, 0.4) is 0 Å². The van der Waals surface area contributed by atoms with Gasteiger partial charge in [0.2, 0.25) is 10.0 Å². The van der Waals surface area contributed by atoms with E-state index in [1.165, 1.54) is 12.1 Å². The molecule has 0 aromatic heterocycles. The van der Waals surface area contributed by atoms with Gasteiger partial charge in [-0.1, -0.05) is 24.3 Å². The van der Waals surface area contributed by atoms with Gasteiger partial charge >= 0.3 is 0 Å². The Labute approximate surface area is 146 Å². The van der Waals surface area contributed by atoms with Crippen LogP contribution in [0.15, 0.2) is 53.4 Å². The van der Waals surface area contributed by atoms with Crippen molar-refractivity contribution >= 4 is 15.9 Å². The predicted octanol–water partition coefficient (Wildman–Crippen LogP) is 1.46. The summed E-state index contributed by atoms with van der Waals surface area (Å²) in [5.74, 6) is -0.0268. The first-order chi connectivity index (χ1) is 11.8. The molecule has 0 aliphatic rings. The first-order valence-corrected chi connectivity index (χ1v) is 8.90. The number of rotatable bonds is 6. The maximum atomic E-state index is 12.0. The zero-order valence-electron chi connectivity index (χ0n) is 13.5. The van der Waals surface area contributed by atoms with Crippen LogP contribution < -0.4 is 15.2 Å². The number of ether oxygens (including phenoxy) is 1. The van der Waals surface area contributed by atoms with Gasteiger partial charge in [-0.25, -0.2) is 13.6 Å². The third-order valence-corrected chi connectivity index (χ3v) is 4.38. The van der Waals surface area contributed by atoms with E-state index < -0.39 is 10.0 Å². The summed E-state index contributed by atoms with van der Waals surface area (Å²) >= 11 is 0. The van der Waals surface area contributed by atoms with Gasteiger partial charge in [0.1, 0.15) is 11.8 Å². The van der Waals surface area contributed by atoms with Crippen molar-refractivity contribution in [3.8, 4) is 11.8 Å². The molecule has 0 spiro atoms. The summed E-state index contributed by atoms with van der Waals surface area (Å²) < 4.78 is 27.8. The largest absolute Gasteiger partial charge is 0.482 e. The minimum Gasteiger partial charge on any atom is -0.482 e. The average molecular weight is 359 g/mol. The monoisotopic (exact) mass is 359 g/mol. The second-order valence-corrected chi connectivity index (χ2v) is 6.86. The van der Waals surface area contributed by atoms with Crippen molar-refractivity contribution < 1.29 is 17.9 Å². The topological polar surface area (TPSA) is 122 Å². The Bertz CT molecular complexity index is 902. The molecule has 1 unspecified atom stereocenters. The van der Waals surface area contributed by atoms with Crippen LogP contribution in [0.5, 0.6) is 5.75 Å². The Balaban J connectivity index is 1.95. The molecule has 0 fully saturated rings. The number of sulfonamides is 1. The maximum absolute atomic E-state index is 12.0. The highest BCUT2D eigenvalue weighted by Gasteiger charge is 2.13. The van der Waals surface area contributed by atoms with E-state index in [1.54, 1.807) is 43.3 Å². The zero-order chi connectivity index (χ0) is 18.4. The van der Waals surface area contributed by atoms with E-state index in [4.69, 9.17) is 15.1 Å². The van der Waals surface area contributed by atoms with Gasteiger partial charge in [-0.05, 0) is 36.8 Å². The van der Waals surface area contributed by atoms with E-state index in [0.717, 1.165) is 5.56 Å². The van der Waals surface area contributed by atoms with Crippen LogP contribution in [0.25, 0.3) is 0 Å². The molecule has 0 saturated heterocycles. The number of nitrogens with one attached hydrogen (secondary N) is 1. The number of hydrogen-bond donors (Lipinski definition) is 2. The van der Waals surface area contributed by atoms with Gasteiger partial charge in [0.15, 0.2) is 6.61 Å². The summed E-state index contributed by atoms with van der Waals surface area (Å²) in [5, 5.41) is 16.8. The summed E-state index contributed by atoms with van der Waals surface area (Å²) in [6.07, 6.45) is 0. The van der Waals surface area contributed by atoms with E-state index in [0.29, 0.717) is 11.3 Å². The molecule has 130 valence electrons. The maximum Gasteiger partial charge on any atom is 0.258 e. The highest BCUT2D eigenvalue weighted by atomic mass is 32.2. The molecular weight excluding hydrogens is 342 g/mol. The van der Waals surface area contributed by atoms with Gasteiger partial charge in [-0.15, -0.1) is 0 Å². The Hall–Kier alpha value is -2.89. The van der Waals surface area contributed by atoms with Crippen molar-refractivity contribution in [2.45, 2.75) is 17.9 Å². The SMILES string of the molecule is CC(NC(=O)COc1ccccc1C#N)c1ccc(S(N)(=O)=O)cc1. The lowest BCUT2D eigenvalue weighted by molar-refractivity contribution is -0.123. The summed E-state index contributed by atoms with van der Waals surface area (Å²) in [4.78, 5) is 12.0. The van der Waals surface area contributed by atoms with Crippen LogP contribution >= 0.6 is 0 Å². The molecule has 0 saturated carbocycles. The third-order valence-electron chi connectivity index (χ3n) is 3.45. The third kappa shape index (κ3) is 5.04. The molecular formula is C17H17N3O4S. The molecule has 8 heteroatoms. The Morgan fingerprint density at radius 2 is 1.88 bits per heavy atom. The molecule has 1 atom stereocenters. The van der Waals surface area contributed by atoms with Crippen LogP contribution in [0.1, 0.15) is 24.1 Å². The highest BCUT2D eigenvalue weighted by Crippen LogP contribution is 2.17. The fourth-order valence-electron chi connectivity index (χ4n) is 2.14. The van der Waals surface area contributed by atoms with Gasteiger partial charge in [-0.2, -0.15) is 5.26 Å². The molecule has 0 aliphatic carbocycles. The summed E-state index contributed by atoms with van der Waals surface area (Å²) in [6.45, 7) is 1.52. The molecule has 25 heavy (non-hydrogen) atoms. The van der Waals surface area contributed by atoms with Gasteiger partial charge in [0.25, 0.3) is 5.91 Å². The number of carbonyl (C=O) groups excluding carboxylic acids is 1. The number of nitrogens with zero attached hydrogens (tertiary/aromatic N) is 1. The lowest BCUT2D eigenvalue weighted by Crippen LogP contribution is -2.31. The summed E-state index contributed by atoms with van der Waals surface area (Å²) in [5.41, 5.74) is 1.07. The lowest BCUT2D eigenvalue weighted by Gasteiger charge is -2.15. The molecule has 1 amide bonds. The van der Waals surface area contributed by atoms with Gasteiger partial charge in [0, 0.05) is 0 Å². The zero-order valence-corrected chi connectivity index (χ0v) is 14.3. The second kappa shape index (κ2) is 7.79. The van der Waals surface area contributed by atoms with Crippen LogP contribution in [0.4, 0.5) is 0 Å². The van der Waals surface area contributed by atoms with E-state index in [1.807, 2.05) is 6.07 Å². The number of para-hydroxylation sites is 1. The molecule has 2 rings (SSSR count). The molecule has 0 bridgehead atoms. The first-order valence-electron chi connectivity index (χ1n) is 7.35. The van der Waals surface area contributed by atoms with Crippen molar-refractivity contribution in [2.75, 3.05) is 6.61 Å². The standard InChI is InChI=1S/C17H17N3O4S/c1-12(13-6-8-15(9-7-13)25(19,22)23)20-17(21)11-24-16-5-3-2-4-14(16)10-18/h2-9,12H,11H2,1H3,(H,20,21)(H2,19,22,23). The number of hydrogen-bond acceptors (Lipinski definition) is 5. The van der Waals surface area contributed by atoms with E-state index in [9.17, 15) is 13.2 Å². The van der Waals surface area contributed by atoms with Crippen molar-refractivity contribution in [3.63, 3.8) is 0 Å². The van der Waals surface area contributed by atoms with Crippen molar-refractivity contribution in [1.29, 1.82) is 5.26 Å². The normalized spacial score (nSPS) is 12.0. The van der Waals surface area contributed by atoms with E-state index in [-0.39, 0.29) is 23.5 Å². The lowest BCUT2D eigenvalue weighted by atomic mass is 10.1. The van der Waals surface area contributed by atoms with Gasteiger partial charge < -0.3 is 10.1 Å². The number of nitriles is 1. The number of amides is 1. The minimum atomic E-state index is -3.75. The average Bonchev–Trinajstić information content (AvgIpc) is 2.59. The van der Waals surface area contributed by atoms with Gasteiger partial charge in [-0.3, -0.25) is 4.79 Å². The van der Waals surface area contributed by atoms with Crippen LogP contribution in [0, 0.1) is 11.3 Å². The molecule has 0 heterocycles. The van der Waals surface area contributed by atoms with Crippen molar-refractivity contribution in [1.82, 2.24) is 5.32 Å². The van der Waals surface area contributed by atoms with Gasteiger partial charge in [0.05, 0.1) is 16.5 Å². The van der Waals surface area contributed by atoms with Crippen LogP contribution in [-0.4, -0.2) is 20.9 Å². The smallest absolute Gasteiger partial charge is 0.258 e. The number of benzene rings is 2. The van der Waals surface area contributed by atoms with Crippen LogP contribution in [-0.2, 0) is 14.8 Å². The fraction of sp³-hybridized carbons (Fsp3) is 0.176. The molecule has 0 aliphatic heterocycles. The Morgan fingerprint density at radius 3 is 2.48 bits per heavy atom. The predicted molar refractivity (Wildman–Crippen MR) is 91.0 cm³/mol. The number of nitrogens with two attached hydrogens (primary N) is 1.